The second-order valence-corrected chi connectivity index (χ2v) is 7.15. The molecule has 0 aromatic heterocycles. The Morgan fingerprint density at radius 2 is 2.00 bits per heavy atom. The lowest BCUT2D eigenvalue weighted by molar-refractivity contribution is 0.0974. The zero-order chi connectivity index (χ0) is 17.9. The maximum Gasteiger partial charge on any atom is 0.261 e. The van der Waals surface area contributed by atoms with Crippen molar-refractivity contribution in [1.82, 2.24) is 5.32 Å². The van der Waals surface area contributed by atoms with Crippen molar-refractivity contribution in [2.45, 2.75) is 0 Å². The van der Waals surface area contributed by atoms with Crippen molar-refractivity contribution in [1.29, 1.82) is 0 Å². The van der Waals surface area contributed by atoms with Crippen LogP contribution in [-0.2, 0) is 0 Å². The number of hydrogen-bond donors (Lipinski definition) is 3. The van der Waals surface area contributed by atoms with Crippen molar-refractivity contribution in [2.75, 3.05) is 12.4 Å². The van der Waals surface area contributed by atoms with Gasteiger partial charge in [0.2, 0.25) is 0 Å². The summed E-state index contributed by atoms with van der Waals surface area (Å²) in [7, 11) is 1.46. The molecule has 0 unspecified atom stereocenters. The van der Waals surface area contributed by atoms with Crippen LogP contribution < -0.4 is 15.4 Å². The van der Waals surface area contributed by atoms with E-state index in [4.69, 9.17) is 28.6 Å². The third-order valence-electron chi connectivity index (χ3n) is 2.89. The van der Waals surface area contributed by atoms with Gasteiger partial charge in [0.1, 0.15) is 11.5 Å². The van der Waals surface area contributed by atoms with E-state index in [0.717, 1.165) is 0 Å². The smallest absolute Gasteiger partial charge is 0.261 e. The Hall–Kier alpha value is -1.35. The molecule has 0 heterocycles. The number of rotatable bonds is 3. The SMILES string of the molecule is COc1c(Br)cc(Br)cc1C(=O)NC(=S)Nc1cc(Cl)ccc1O. The van der Waals surface area contributed by atoms with Gasteiger partial charge in [-0.05, 0) is 58.5 Å². The highest BCUT2D eigenvalue weighted by Crippen LogP contribution is 2.32. The number of benzene rings is 2. The van der Waals surface area contributed by atoms with Crippen molar-refractivity contribution in [3.63, 3.8) is 0 Å². The summed E-state index contributed by atoms with van der Waals surface area (Å²) >= 11 is 17.6. The van der Waals surface area contributed by atoms with Crippen LogP contribution in [-0.4, -0.2) is 23.2 Å². The summed E-state index contributed by atoms with van der Waals surface area (Å²) in [5.74, 6) is -0.129. The number of halogens is 3. The van der Waals surface area contributed by atoms with Crippen molar-refractivity contribution < 1.29 is 14.6 Å². The molecule has 5 nitrogen and oxygen atoms in total. The predicted octanol–water partition coefficient (Wildman–Crippen LogP) is 4.71. The molecule has 0 saturated carbocycles. The zero-order valence-electron chi connectivity index (χ0n) is 12.2. The van der Waals surface area contributed by atoms with E-state index in [-0.39, 0.29) is 16.5 Å². The summed E-state index contributed by atoms with van der Waals surface area (Å²) in [4.78, 5) is 12.4. The second-order valence-electron chi connectivity index (χ2n) is 4.54. The van der Waals surface area contributed by atoms with Gasteiger partial charge in [-0.1, -0.05) is 27.5 Å². The van der Waals surface area contributed by atoms with Crippen LogP contribution in [0.2, 0.25) is 5.02 Å². The van der Waals surface area contributed by atoms with E-state index in [1.165, 1.54) is 25.3 Å². The monoisotopic (exact) mass is 492 g/mol. The van der Waals surface area contributed by atoms with Crippen LogP contribution in [0.1, 0.15) is 10.4 Å². The van der Waals surface area contributed by atoms with E-state index in [1.54, 1.807) is 12.1 Å². The van der Waals surface area contributed by atoms with Crippen LogP contribution >= 0.6 is 55.7 Å². The number of phenols is 1. The number of methoxy groups -OCH3 is 1. The maximum absolute atomic E-state index is 12.4. The fourth-order valence-electron chi connectivity index (χ4n) is 1.87. The average molecular weight is 495 g/mol. The number of amides is 1. The fraction of sp³-hybridized carbons (Fsp3) is 0.0667. The average Bonchev–Trinajstić information content (AvgIpc) is 2.50. The van der Waals surface area contributed by atoms with Crippen molar-refractivity contribution in [3.8, 4) is 11.5 Å². The minimum absolute atomic E-state index is 0.00992. The van der Waals surface area contributed by atoms with Gasteiger partial charge in [0.15, 0.2) is 5.11 Å². The molecule has 126 valence electrons. The van der Waals surface area contributed by atoms with E-state index < -0.39 is 5.91 Å². The standard InChI is InChI=1S/C15H11Br2ClN2O3S/c1-23-13-9(4-7(16)5-10(13)17)14(22)20-15(24)19-11-6-8(18)2-3-12(11)21/h2-6,21H,1H3,(H2,19,20,22,24). The van der Waals surface area contributed by atoms with Crippen molar-refractivity contribution in [3.05, 3.63) is 49.9 Å². The van der Waals surface area contributed by atoms with Crippen LogP contribution in [0.4, 0.5) is 5.69 Å². The molecule has 0 atom stereocenters. The highest BCUT2D eigenvalue weighted by atomic mass is 79.9. The van der Waals surface area contributed by atoms with E-state index in [0.29, 0.717) is 25.3 Å². The number of phenolic OH excluding ortho intramolecular Hbond substituents is 1. The van der Waals surface area contributed by atoms with Gasteiger partial charge in [-0.15, -0.1) is 0 Å². The molecule has 0 bridgehead atoms. The molecule has 0 aliphatic heterocycles. The van der Waals surface area contributed by atoms with Crippen molar-refractivity contribution >= 4 is 72.4 Å². The zero-order valence-corrected chi connectivity index (χ0v) is 16.9. The number of hydrogen-bond acceptors (Lipinski definition) is 4. The molecule has 2 aromatic carbocycles. The molecule has 0 saturated heterocycles. The third kappa shape index (κ3) is 4.60. The number of aromatic hydroxyl groups is 1. The number of nitrogens with one attached hydrogen (secondary N) is 2. The predicted molar refractivity (Wildman–Crippen MR) is 105 cm³/mol. The summed E-state index contributed by atoms with van der Waals surface area (Å²) in [6.45, 7) is 0. The molecule has 9 heteroatoms. The minimum atomic E-state index is -0.465. The molecule has 24 heavy (non-hydrogen) atoms. The van der Waals surface area contributed by atoms with Crippen LogP contribution in [0.3, 0.4) is 0 Å². The molecule has 0 spiro atoms. The number of carbonyl (C=O) groups excluding carboxylic acids is 1. The Balaban J connectivity index is 2.18. The van der Waals surface area contributed by atoms with Gasteiger partial charge < -0.3 is 15.2 Å². The van der Waals surface area contributed by atoms with Gasteiger partial charge in [0, 0.05) is 9.50 Å². The maximum atomic E-state index is 12.4. The van der Waals surface area contributed by atoms with E-state index in [2.05, 4.69) is 42.5 Å². The first-order valence-electron chi connectivity index (χ1n) is 6.45. The summed E-state index contributed by atoms with van der Waals surface area (Å²) in [5.41, 5.74) is 0.577. The highest BCUT2D eigenvalue weighted by molar-refractivity contribution is 9.11. The van der Waals surface area contributed by atoms with E-state index in [9.17, 15) is 9.90 Å². The first-order valence-corrected chi connectivity index (χ1v) is 8.83. The largest absolute Gasteiger partial charge is 0.506 e. The van der Waals surface area contributed by atoms with E-state index >= 15 is 0 Å². The third-order valence-corrected chi connectivity index (χ3v) is 4.38. The minimum Gasteiger partial charge on any atom is -0.506 e. The fourth-order valence-corrected chi connectivity index (χ4v) is 3.63. The Labute approximate surface area is 165 Å². The van der Waals surface area contributed by atoms with Gasteiger partial charge >= 0.3 is 0 Å². The van der Waals surface area contributed by atoms with Crippen molar-refractivity contribution in [2.24, 2.45) is 0 Å². The first-order chi connectivity index (χ1) is 11.3. The summed E-state index contributed by atoms with van der Waals surface area (Å²) in [5, 5.41) is 15.4. The molecular formula is C15H11Br2ClN2O3S. The number of thiocarbonyl (C=S) groups is 1. The van der Waals surface area contributed by atoms with Crippen LogP contribution in [0, 0.1) is 0 Å². The molecule has 2 aromatic rings. The topological polar surface area (TPSA) is 70.6 Å². The Morgan fingerprint density at radius 1 is 1.29 bits per heavy atom. The van der Waals surface area contributed by atoms with Gasteiger partial charge in [0.05, 0.1) is 22.8 Å². The first kappa shape index (κ1) is 19.0. The lowest BCUT2D eigenvalue weighted by atomic mass is 10.2. The van der Waals surface area contributed by atoms with Gasteiger partial charge in [-0.2, -0.15) is 0 Å². The molecule has 1 amide bonds. The highest BCUT2D eigenvalue weighted by Gasteiger charge is 2.17. The molecule has 0 aliphatic carbocycles. The van der Waals surface area contributed by atoms with E-state index in [1.807, 2.05) is 0 Å². The molecular weight excluding hydrogens is 484 g/mol. The number of carbonyl (C=O) groups is 1. The molecule has 0 aliphatic rings. The Morgan fingerprint density at radius 3 is 2.67 bits per heavy atom. The van der Waals surface area contributed by atoms with Crippen LogP contribution in [0.5, 0.6) is 11.5 Å². The molecule has 2 rings (SSSR count). The molecule has 0 radical (unpaired) electrons. The Kier molecular flexibility index (Phi) is 6.45. The summed E-state index contributed by atoms with van der Waals surface area (Å²) in [6, 6.07) is 7.82. The normalized spacial score (nSPS) is 10.2. The second kappa shape index (κ2) is 8.15. The Bertz CT molecular complexity index is 818. The van der Waals surface area contributed by atoms with Gasteiger partial charge in [0.25, 0.3) is 5.91 Å². The van der Waals surface area contributed by atoms with Gasteiger partial charge in [-0.3, -0.25) is 10.1 Å². The quantitative estimate of drug-likeness (QED) is 0.426. The van der Waals surface area contributed by atoms with Gasteiger partial charge in [-0.25, -0.2) is 0 Å². The number of ether oxygens (including phenoxy) is 1. The molecule has 3 N–H and O–H groups in total. The van der Waals surface area contributed by atoms with Crippen LogP contribution in [0.15, 0.2) is 39.3 Å². The summed E-state index contributed by atoms with van der Waals surface area (Å²) in [6.07, 6.45) is 0. The summed E-state index contributed by atoms with van der Waals surface area (Å²) < 4.78 is 6.56. The van der Waals surface area contributed by atoms with Crippen LogP contribution in [0.25, 0.3) is 0 Å². The lowest BCUT2D eigenvalue weighted by Crippen LogP contribution is -2.34. The molecule has 0 fully saturated rings. The lowest BCUT2D eigenvalue weighted by Gasteiger charge is -2.14. The number of anilines is 1.